The number of benzene rings is 1. The number of carbonyl (C=O) groups is 1. The molecule has 0 N–H and O–H groups in total. The van der Waals surface area contributed by atoms with Gasteiger partial charge in [0, 0.05) is 18.7 Å². The number of nitrogens with zero attached hydrogens (tertiary/aromatic N) is 1. The number of hydrogen-bond donors (Lipinski definition) is 0. The van der Waals surface area contributed by atoms with Crippen molar-refractivity contribution < 1.29 is 22.4 Å². The van der Waals surface area contributed by atoms with Crippen molar-refractivity contribution in [1.82, 2.24) is 4.90 Å². The van der Waals surface area contributed by atoms with Crippen molar-refractivity contribution in [3.63, 3.8) is 0 Å². The summed E-state index contributed by atoms with van der Waals surface area (Å²) in [5.74, 6) is 1.06. The van der Waals surface area contributed by atoms with Gasteiger partial charge in [-0.1, -0.05) is 13.3 Å². The molecule has 1 amide bonds. The number of hydrogen-bond acceptors (Lipinski definition) is 5. The first kappa shape index (κ1) is 20.5. The number of amides is 1. The highest BCUT2D eigenvalue weighted by molar-refractivity contribution is 7.91. The average Bonchev–Trinajstić information content (AvgIpc) is 3.20. The average molecular weight is 406 g/mol. The van der Waals surface area contributed by atoms with Crippen molar-refractivity contribution in [3.05, 3.63) is 54.0 Å². The van der Waals surface area contributed by atoms with Crippen LogP contribution < -0.4 is 4.74 Å². The quantitative estimate of drug-likeness (QED) is 0.626. The zero-order valence-electron chi connectivity index (χ0n) is 16.2. The Labute approximate surface area is 166 Å². The van der Waals surface area contributed by atoms with E-state index in [1.165, 1.54) is 6.26 Å². The van der Waals surface area contributed by atoms with Crippen molar-refractivity contribution in [1.29, 1.82) is 0 Å². The molecular formula is C21H27NO5S. The smallest absolute Gasteiger partial charge is 0.253 e. The number of sulfone groups is 1. The van der Waals surface area contributed by atoms with Gasteiger partial charge in [0.1, 0.15) is 17.3 Å². The van der Waals surface area contributed by atoms with E-state index in [-0.39, 0.29) is 11.7 Å². The molecule has 3 rings (SSSR count). The monoisotopic (exact) mass is 405 g/mol. The summed E-state index contributed by atoms with van der Waals surface area (Å²) in [6, 6.07) is 10.5. The van der Waals surface area contributed by atoms with E-state index in [4.69, 9.17) is 9.15 Å². The normalized spacial score (nSPS) is 15.5. The Kier molecular flexibility index (Phi) is 6.78. The zero-order valence-corrected chi connectivity index (χ0v) is 17.0. The highest BCUT2D eigenvalue weighted by Crippen LogP contribution is 2.23. The van der Waals surface area contributed by atoms with Gasteiger partial charge in [0.15, 0.2) is 9.84 Å². The lowest BCUT2D eigenvalue weighted by Crippen LogP contribution is -2.42. The number of likely N-dealkylation sites (tertiary alicyclic amines) is 1. The summed E-state index contributed by atoms with van der Waals surface area (Å²) in [4.78, 5) is 14.4. The largest absolute Gasteiger partial charge is 0.494 e. The van der Waals surface area contributed by atoms with Gasteiger partial charge < -0.3 is 14.1 Å². The van der Waals surface area contributed by atoms with E-state index in [0.717, 1.165) is 18.6 Å². The van der Waals surface area contributed by atoms with Crippen LogP contribution in [0, 0.1) is 0 Å². The van der Waals surface area contributed by atoms with Crippen LogP contribution in [0.1, 0.15) is 48.7 Å². The van der Waals surface area contributed by atoms with E-state index in [2.05, 4.69) is 6.92 Å². The third-order valence-electron chi connectivity index (χ3n) is 5.03. The summed E-state index contributed by atoms with van der Waals surface area (Å²) >= 11 is 0. The van der Waals surface area contributed by atoms with Crippen molar-refractivity contribution in [2.24, 2.45) is 0 Å². The molecule has 0 unspecified atom stereocenters. The molecule has 1 saturated heterocycles. The van der Waals surface area contributed by atoms with Gasteiger partial charge in [0.05, 0.1) is 18.1 Å². The maximum Gasteiger partial charge on any atom is 0.253 e. The van der Waals surface area contributed by atoms with Gasteiger partial charge in [-0.3, -0.25) is 4.79 Å². The third kappa shape index (κ3) is 5.16. The fourth-order valence-electron chi connectivity index (χ4n) is 3.34. The van der Waals surface area contributed by atoms with Gasteiger partial charge in [-0.25, -0.2) is 8.42 Å². The fraction of sp³-hybridized carbons (Fsp3) is 0.476. The predicted octanol–water partition coefficient (Wildman–Crippen LogP) is 3.68. The second-order valence-corrected chi connectivity index (χ2v) is 9.39. The van der Waals surface area contributed by atoms with E-state index in [0.29, 0.717) is 43.9 Å². The van der Waals surface area contributed by atoms with Gasteiger partial charge >= 0.3 is 0 Å². The van der Waals surface area contributed by atoms with E-state index in [9.17, 15) is 13.2 Å². The lowest BCUT2D eigenvalue weighted by atomic mass is 10.1. The van der Waals surface area contributed by atoms with Crippen LogP contribution in [0.3, 0.4) is 0 Å². The molecule has 7 heteroatoms. The molecule has 0 bridgehead atoms. The Morgan fingerprint density at radius 1 is 1.18 bits per heavy atom. The second-order valence-electron chi connectivity index (χ2n) is 7.10. The molecule has 1 aromatic carbocycles. The Morgan fingerprint density at radius 2 is 1.89 bits per heavy atom. The second kappa shape index (κ2) is 9.28. The highest BCUT2D eigenvalue weighted by Gasteiger charge is 2.32. The van der Waals surface area contributed by atoms with Gasteiger partial charge in [0.25, 0.3) is 5.91 Å². The first-order chi connectivity index (χ1) is 13.5. The first-order valence-electron chi connectivity index (χ1n) is 9.75. The van der Waals surface area contributed by atoms with Crippen LogP contribution in [0.15, 0.2) is 47.1 Å². The Bertz CT molecular complexity index is 851. The molecule has 1 fully saturated rings. The lowest BCUT2D eigenvalue weighted by molar-refractivity contribution is 0.0725. The number of unbranched alkanes of at least 4 members (excludes halogenated alkanes) is 1. The van der Waals surface area contributed by atoms with Crippen LogP contribution in [-0.4, -0.2) is 44.2 Å². The summed E-state index contributed by atoms with van der Waals surface area (Å²) in [6.45, 7) is 3.66. The predicted molar refractivity (Wildman–Crippen MR) is 107 cm³/mol. The Hall–Kier alpha value is -2.28. The standard InChI is InChI=1S/C21H27NO5S/c1-2-3-14-26-18-8-6-17(7-9-18)21(23)22-12-10-20(11-13-22)28(24,25)16-19-5-4-15-27-19/h4-9,15,20H,2-3,10-14,16H2,1H3. The summed E-state index contributed by atoms with van der Waals surface area (Å²) in [7, 11) is -3.29. The van der Waals surface area contributed by atoms with Crippen molar-refractivity contribution in [2.45, 2.75) is 43.6 Å². The minimum absolute atomic E-state index is 0.0676. The molecule has 152 valence electrons. The van der Waals surface area contributed by atoms with E-state index < -0.39 is 15.1 Å². The molecule has 0 atom stereocenters. The van der Waals surface area contributed by atoms with Crippen molar-refractivity contribution in [3.8, 4) is 5.75 Å². The van der Waals surface area contributed by atoms with Crippen LogP contribution in [0.25, 0.3) is 0 Å². The summed E-state index contributed by atoms with van der Waals surface area (Å²) < 4.78 is 35.9. The molecule has 2 heterocycles. The first-order valence-corrected chi connectivity index (χ1v) is 11.5. The van der Waals surface area contributed by atoms with Crippen LogP contribution in [0.5, 0.6) is 5.75 Å². The topological polar surface area (TPSA) is 76.8 Å². The SMILES string of the molecule is CCCCOc1ccc(C(=O)N2CCC(S(=O)(=O)Cc3ccco3)CC2)cc1. The molecule has 0 aliphatic carbocycles. The van der Waals surface area contributed by atoms with Gasteiger partial charge in [0.2, 0.25) is 0 Å². The molecule has 1 aliphatic rings. The van der Waals surface area contributed by atoms with Crippen molar-refractivity contribution >= 4 is 15.7 Å². The van der Waals surface area contributed by atoms with Gasteiger partial charge in [-0.05, 0) is 55.7 Å². The maximum atomic E-state index is 12.7. The fourth-order valence-corrected chi connectivity index (χ4v) is 5.07. The molecule has 28 heavy (non-hydrogen) atoms. The number of carbonyl (C=O) groups excluding carboxylic acids is 1. The molecule has 0 spiro atoms. The lowest BCUT2D eigenvalue weighted by Gasteiger charge is -2.31. The number of ether oxygens (including phenoxy) is 1. The zero-order chi connectivity index (χ0) is 20.0. The van der Waals surface area contributed by atoms with Gasteiger partial charge in [-0.2, -0.15) is 0 Å². The molecule has 6 nitrogen and oxygen atoms in total. The van der Waals surface area contributed by atoms with Crippen molar-refractivity contribution in [2.75, 3.05) is 19.7 Å². The summed E-state index contributed by atoms with van der Waals surface area (Å²) in [5, 5.41) is -0.434. The number of piperidine rings is 1. The van der Waals surface area contributed by atoms with Crippen LogP contribution >= 0.6 is 0 Å². The van der Waals surface area contributed by atoms with Crippen LogP contribution in [0.4, 0.5) is 0 Å². The van der Waals surface area contributed by atoms with E-state index in [1.54, 1.807) is 29.2 Å². The van der Waals surface area contributed by atoms with E-state index >= 15 is 0 Å². The van der Waals surface area contributed by atoms with Gasteiger partial charge in [-0.15, -0.1) is 0 Å². The number of rotatable bonds is 8. The Morgan fingerprint density at radius 3 is 2.50 bits per heavy atom. The maximum absolute atomic E-state index is 12.7. The Balaban J connectivity index is 1.53. The summed E-state index contributed by atoms with van der Waals surface area (Å²) in [6.07, 6.45) is 4.45. The molecule has 1 aromatic heterocycles. The minimum atomic E-state index is -3.29. The van der Waals surface area contributed by atoms with Crippen LogP contribution in [-0.2, 0) is 15.6 Å². The van der Waals surface area contributed by atoms with E-state index in [1.807, 2.05) is 12.1 Å². The summed E-state index contributed by atoms with van der Waals surface area (Å²) in [5.41, 5.74) is 0.597. The molecule has 0 saturated carbocycles. The minimum Gasteiger partial charge on any atom is -0.494 e. The third-order valence-corrected chi connectivity index (χ3v) is 7.20. The molecule has 1 aliphatic heterocycles. The highest BCUT2D eigenvalue weighted by atomic mass is 32.2. The molecule has 0 radical (unpaired) electrons. The molecule has 2 aromatic rings. The van der Waals surface area contributed by atoms with Crippen LogP contribution in [0.2, 0.25) is 0 Å². The molecular weight excluding hydrogens is 378 g/mol. The number of furan rings is 1.